The lowest BCUT2D eigenvalue weighted by Crippen LogP contribution is -2.46. The summed E-state index contributed by atoms with van der Waals surface area (Å²) in [6, 6.07) is 0.790. The highest BCUT2D eigenvalue weighted by atomic mass is 79.9. The van der Waals surface area contributed by atoms with Gasteiger partial charge in [0, 0.05) is 33.8 Å². The number of hydrogen-bond donors (Lipinski definition) is 2. The van der Waals surface area contributed by atoms with Crippen LogP contribution in [-0.4, -0.2) is 50.6 Å². The Labute approximate surface area is 199 Å². The first-order valence-electron chi connectivity index (χ1n) is 10.5. The third kappa shape index (κ3) is 4.11. The first kappa shape index (κ1) is 23.3. The van der Waals surface area contributed by atoms with Gasteiger partial charge in [-0.3, -0.25) is 13.7 Å². The summed E-state index contributed by atoms with van der Waals surface area (Å²) in [7, 11) is 0.509. The maximum Gasteiger partial charge on any atom is 0.404 e. The maximum atomic E-state index is 13.1. The number of aromatic nitrogens is 4. The van der Waals surface area contributed by atoms with E-state index in [0.29, 0.717) is 40.2 Å². The molecule has 32 heavy (non-hydrogen) atoms. The molecule has 4 rings (SSSR count). The van der Waals surface area contributed by atoms with Gasteiger partial charge < -0.3 is 15.2 Å². The molecule has 3 aromatic rings. The molecule has 3 aromatic heterocycles. The topological polar surface area (TPSA) is 103 Å². The molecule has 0 aliphatic heterocycles. The summed E-state index contributed by atoms with van der Waals surface area (Å²) in [6.07, 6.45) is 1.75. The van der Waals surface area contributed by atoms with Crippen LogP contribution in [0.25, 0.3) is 22.1 Å². The van der Waals surface area contributed by atoms with Crippen LogP contribution in [0.5, 0.6) is 0 Å². The van der Waals surface area contributed by atoms with Crippen molar-refractivity contribution in [1.82, 2.24) is 24.0 Å². The molecule has 0 spiro atoms. The van der Waals surface area contributed by atoms with Crippen molar-refractivity contribution in [2.45, 2.75) is 57.3 Å². The summed E-state index contributed by atoms with van der Waals surface area (Å²) < 4.78 is 11.7. The predicted octanol–water partition coefficient (Wildman–Crippen LogP) is 4.39. The second-order valence-electron chi connectivity index (χ2n) is 9.55. The summed E-state index contributed by atoms with van der Waals surface area (Å²) in [5.74, 6) is 0. The summed E-state index contributed by atoms with van der Waals surface area (Å²) in [5.41, 5.74) is 1.93. The molecular formula is C20H27BrClN5O4Si. The van der Waals surface area contributed by atoms with Crippen LogP contribution in [0.15, 0.2) is 15.5 Å². The van der Waals surface area contributed by atoms with E-state index in [2.05, 4.69) is 45.9 Å². The van der Waals surface area contributed by atoms with Crippen LogP contribution in [0.4, 0.5) is 4.79 Å². The molecule has 1 amide bonds. The average molecular weight is 545 g/mol. The molecule has 0 bridgehead atoms. The standard InChI is InChI=1S/C20H27BrClN5O4Si/c1-25-13-9-23-18-14(15(21)17(22)26(18)10-31-5-6-32(2,3)4)16(13)27(20(25)30)12-7-11(8-12)24-19(28)29/h9,11-12,24H,5-8,10H2,1-4H3,(H,28,29). The first-order valence-corrected chi connectivity index (χ1v) is 15.4. The number of carboxylic acid groups (broad SMARTS) is 1. The van der Waals surface area contributed by atoms with Gasteiger partial charge in [0.1, 0.15) is 17.5 Å². The number of carbonyl (C=O) groups is 1. The van der Waals surface area contributed by atoms with Crippen molar-refractivity contribution >= 4 is 63.8 Å². The molecule has 3 heterocycles. The Kier molecular flexibility index (Phi) is 6.21. The minimum atomic E-state index is -1.21. The smallest absolute Gasteiger partial charge is 0.404 e. The minimum absolute atomic E-state index is 0.101. The summed E-state index contributed by atoms with van der Waals surface area (Å²) in [4.78, 5) is 28.6. The van der Waals surface area contributed by atoms with Crippen LogP contribution < -0.4 is 11.0 Å². The fraction of sp³-hybridized carbons (Fsp3) is 0.550. The highest BCUT2D eigenvalue weighted by molar-refractivity contribution is 9.10. The van der Waals surface area contributed by atoms with Gasteiger partial charge in [0.05, 0.1) is 27.1 Å². The molecule has 1 fully saturated rings. The van der Waals surface area contributed by atoms with Gasteiger partial charge in [0.15, 0.2) is 0 Å². The third-order valence-corrected chi connectivity index (χ3v) is 9.12. The fourth-order valence-corrected chi connectivity index (χ4v) is 5.69. The Bertz CT molecular complexity index is 1260. The number of hydrogen-bond acceptors (Lipinski definition) is 4. The van der Waals surface area contributed by atoms with Gasteiger partial charge in [-0.05, 0) is 34.8 Å². The molecule has 0 radical (unpaired) electrons. The zero-order valence-electron chi connectivity index (χ0n) is 18.5. The molecule has 174 valence electrons. The van der Waals surface area contributed by atoms with Gasteiger partial charge in [0.2, 0.25) is 0 Å². The van der Waals surface area contributed by atoms with Crippen molar-refractivity contribution in [3.05, 3.63) is 26.3 Å². The number of halogens is 2. The summed E-state index contributed by atoms with van der Waals surface area (Å²) >= 11 is 10.3. The minimum Gasteiger partial charge on any atom is -0.465 e. The lowest BCUT2D eigenvalue weighted by Gasteiger charge is -2.35. The van der Waals surface area contributed by atoms with Crippen LogP contribution >= 0.6 is 27.5 Å². The van der Waals surface area contributed by atoms with Crippen molar-refractivity contribution < 1.29 is 14.6 Å². The lowest BCUT2D eigenvalue weighted by atomic mass is 9.86. The van der Waals surface area contributed by atoms with E-state index in [1.54, 1.807) is 22.4 Å². The molecule has 0 saturated heterocycles. The number of amides is 1. The number of nitrogens with zero attached hydrogens (tertiary/aromatic N) is 4. The molecule has 2 N–H and O–H groups in total. The van der Waals surface area contributed by atoms with E-state index in [1.165, 1.54) is 0 Å². The average Bonchev–Trinajstić information content (AvgIpc) is 3.06. The number of imidazole rings is 1. The van der Waals surface area contributed by atoms with Gasteiger partial charge in [-0.1, -0.05) is 31.2 Å². The number of fused-ring (bicyclic) bond motifs is 3. The van der Waals surface area contributed by atoms with Crippen molar-refractivity contribution in [2.24, 2.45) is 7.05 Å². The Morgan fingerprint density at radius 3 is 2.72 bits per heavy atom. The Balaban J connectivity index is 1.74. The Morgan fingerprint density at radius 2 is 2.09 bits per heavy atom. The summed E-state index contributed by atoms with van der Waals surface area (Å²) in [6.45, 7) is 7.83. The zero-order chi connectivity index (χ0) is 23.4. The molecule has 1 aliphatic carbocycles. The molecular weight excluding hydrogens is 518 g/mol. The molecule has 0 aromatic carbocycles. The van der Waals surface area contributed by atoms with Crippen molar-refractivity contribution in [3.8, 4) is 0 Å². The third-order valence-electron chi connectivity index (χ3n) is 6.02. The van der Waals surface area contributed by atoms with E-state index in [9.17, 15) is 9.59 Å². The highest BCUT2D eigenvalue weighted by Gasteiger charge is 2.35. The van der Waals surface area contributed by atoms with Crippen LogP contribution in [0.2, 0.25) is 30.8 Å². The summed E-state index contributed by atoms with van der Waals surface area (Å²) in [5, 5.41) is 12.7. The zero-order valence-corrected chi connectivity index (χ0v) is 21.8. The van der Waals surface area contributed by atoms with Gasteiger partial charge in [-0.15, -0.1) is 0 Å². The molecule has 9 nitrogen and oxygen atoms in total. The predicted molar refractivity (Wildman–Crippen MR) is 131 cm³/mol. The van der Waals surface area contributed by atoms with Gasteiger partial charge in [-0.25, -0.2) is 14.6 Å². The number of nitrogens with one attached hydrogen (secondary N) is 1. The monoisotopic (exact) mass is 543 g/mol. The number of aryl methyl sites for hydroxylation is 1. The van der Waals surface area contributed by atoms with Gasteiger partial charge >= 0.3 is 11.8 Å². The second-order valence-corrected chi connectivity index (χ2v) is 16.3. The van der Waals surface area contributed by atoms with Gasteiger partial charge in [0.25, 0.3) is 0 Å². The quantitative estimate of drug-likeness (QED) is 0.339. The Hall–Kier alpha value is -1.82. The van der Waals surface area contributed by atoms with Crippen LogP contribution in [-0.2, 0) is 18.5 Å². The number of rotatable bonds is 7. The number of ether oxygens (including phenoxy) is 1. The van der Waals surface area contributed by atoms with E-state index in [0.717, 1.165) is 16.9 Å². The van der Waals surface area contributed by atoms with E-state index in [-0.39, 0.29) is 24.5 Å². The fourth-order valence-electron chi connectivity index (χ4n) is 4.13. The lowest BCUT2D eigenvalue weighted by molar-refractivity contribution is 0.0900. The maximum absolute atomic E-state index is 13.1. The van der Waals surface area contributed by atoms with Gasteiger partial charge in [-0.2, -0.15) is 0 Å². The highest BCUT2D eigenvalue weighted by Crippen LogP contribution is 2.41. The molecule has 0 atom stereocenters. The molecule has 12 heteroatoms. The van der Waals surface area contributed by atoms with E-state index in [1.807, 2.05) is 4.57 Å². The molecule has 1 saturated carbocycles. The second kappa shape index (κ2) is 8.51. The van der Waals surface area contributed by atoms with E-state index < -0.39 is 14.2 Å². The van der Waals surface area contributed by atoms with Crippen LogP contribution in [0, 0.1) is 0 Å². The number of pyridine rings is 1. The van der Waals surface area contributed by atoms with Crippen LogP contribution in [0.3, 0.4) is 0 Å². The molecule has 1 aliphatic rings. The van der Waals surface area contributed by atoms with Crippen molar-refractivity contribution in [2.75, 3.05) is 6.61 Å². The SMILES string of the molecule is Cn1c(=O)n(C2CC(NC(=O)O)C2)c2c3c(Br)c(Cl)n(COCC[Si](C)(C)C)c3ncc21. The first-order chi connectivity index (χ1) is 15.0. The largest absolute Gasteiger partial charge is 0.465 e. The van der Waals surface area contributed by atoms with Crippen molar-refractivity contribution in [1.29, 1.82) is 0 Å². The van der Waals surface area contributed by atoms with E-state index in [4.69, 9.17) is 21.4 Å². The van der Waals surface area contributed by atoms with E-state index >= 15 is 0 Å². The molecule has 0 unspecified atom stereocenters. The normalized spacial score (nSPS) is 18.9. The van der Waals surface area contributed by atoms with Crippen molar-refractivity contribution in [3.63, 3.8) is 0 Å². The van der Waals surface area contributed by atoms with Crippen LogP contribution in [0.1, 0.15) is 18.9 Å². The Morgan fingerprint density at radius 1 is 1.41 bits per heavy atom.